The van der Waals surface area contributed by atoms with Crippen LogP contribution in [0.5, 0.6) is 0 Å². The van der Waals surface area contributed by atoms with Gasteiger partial charge in [0.05, 0.1) is 14.1 Å². The van der Waals surface area contributed by atoms with Gasteiger partial charge in [0.2, 0.25) is 5.84 Å². The van der Waals surface area contributed by atoms with Crippen molar-refractivity contribution in [1.82, 2.24) is 5.32 Å². The van der Waals surface area contributed by atoms with E-state index in [9.17, 15) is 0 Å². The van der Waals surface area contributed by atoms with Crippen LogP contribution in [0, 0.1) is 0 Å². The zero-order valence-electron chi connectivity index (χ0n) is 9.87. The normalized spacial score (nSPS) is 11.1. The van der Waals surface area contributed by atoms with Crippen LogP contribution in [0.1, 0.15) is 12.5 Å². The van der Waals surface area contributed by atoms with Gasteiger partial charge in [0.1, 0.15) is 0 Å². The lowest BCUT2D eigenvalue weighted by Gasteiger charge is -2.03. The topological polar surface area (TPSA) is 27.4 Å². The fourth-order valence-corrected chi connectivity index (χ4v) is 1.26. The first-order valence-corrected chi connectivity index (χ1v) is 5.59. The summed E-state index contributed by atoms with van der Waals surface area (Å²) in [5.41, 5.74) is 1.03. The molecule has 0 aromatic heterocycles. The molecule has 3 nitrogen and oxygen atoms in total. The van der Waals surface area contributed by atoms with E-state index in [-0.39, 0.29) is 0 Å². The number of amidine groups is 2. The van der Waals surface area contributed by atoms with Gasteiger partial charge in [-0.1, -0.05) is 18.2 Å². The first-order valence-electron chi connectivity index (χ1n) is 5.21. The molecule has 4 heteroatoms. The maximum Gasteiger partial charge on any atom is 0.348 e. The third kappa shape index (κ3) is 3.66. The molecule has 0 aliphatic rings. The molecule has 86 valence electrons. The predicted molar refractivity (Wildman–Crippen MR) is 69.6 cm³/mol. The van der Waals surface area contributed by atoms with Gasteiger partial charge in [-0.15, -0.1) is 0 Å². The Morgan fingerprint density at radius 1 is 1.31 bits per heavy atom. The summed E-state index contributed by atoms with van der Waals surface area (Å²) in [5, 5.41) is 3.64. The number of benzene rings is 1. The molecule has 0 heterocycles. The Morgan fingerprint density at radius 2 is 1.94 bits per heavy atom. The van der Waals surface area contributed by atoms with Gasteiger partial charge < -0.3 is 0 Å². The van der Waals surface area contributed by atoms with Crippen LogP contribution >= 0.6 is 11.6 Å². The van der Waals surface area contributed by atoms with E-state index < -0.39 is 0 Å². The van der Waals surface area contributed by atoms with Crippen LogP contribution in [0.3, 0.4) is 0 Å². The van der Waals surface area contributed by atoms with E-state index in [1.54, 1.807) is 4.58 Å². The van der Waals surface area contributed by atoms with E-state index in [1.807, 2.05) is 51.4 Å². The molecule has 1 N–H and O–H groups in total. The van der Waals surface area contributed by atoms with Crippen molar-refractivity contribution < 1.29 is 4.58 Å². The van der Waals surface area contributed by atoms with Gasteiger partial charge in [0.25, 0.3) is 0 Å². The van der Waals surface area contributed by atoms with E-state index in [4.69, 9.17) is 11.6 Å². The predicted octanol–water partition coefficient (Wildman–Crippen LogP) is 1.91. The molecule has 0 aliphatic heterocycles. The Hall–Kier alpha value is -1.35. The van der Waals surface area contributed by atoms with Crippen molar-refractivity contribution in [3.05, 3.63) is 35.9 Å². The second kappa shape index (κ2) is 6.28. The van der Waals surface area contributed by atoms with E-state index in [0.717, 1.165) is 17.9 Å². The smallest absolute Gasteiger partial charge is 0.257 e. The number of halogens is 1. The van der Waals surface area contributed by atoms with Crippen molar-refractivity contribution in [1.29, 1.82) is 0 Å². The molecule has 0 aliphatic carbocycles. The zero-order chi connectivity index (χ0) is 12.0. The van der Waals surface area contributed by atoms with Gasteiger partial charge in [0, 0.05) is 23.7 Å². The number of nitrogens with one attached hydrogen (secondary N) is 1. The highest BCUT2D eigenvalue weighted by atomic mass is 35.5. The lowest BCUT2D eigenvalue weighted by atomic mass is 10.2. The summed E-state index contributed by atoms with van der Waals surface area (Å²) >= 11 is 6.05. The number of hydrogen-bond donors (Lipinski definition) is 1. The molecule has 0 fully saturated rings. The highest BCUT2D eigenvalue weighted by Crippen LogP contribution is 2.00. The summed E-state index contributed by atoms with van der Waals surface area (Å²) in [6.45, 7) is 2.71. The quantitative estimate of drug-likeness (QED) is 0.363. The fraction of sp³-hybridized carbons (Fsp3) is 0.333. The van der Waals surface area contributed by atoms with E-state index in [2.05, 4.69) is 10.3 Å². The van der Waals surface area contributed by atoms with Crippen molar-refractivity contribution in [3.63, 3.8) is 0 Å². The monoisotopic (exact) mass is 238 g/mol. The van der Waals surface area contributed by atoms with Gasteiger partial charge in [-0.3, -0.25) is 4.58 Å². The van der Waals surface area contributed by atoms with Gasteiger partial charge >= 0.3 is 5.29 Å². The van der Waals surface area contributed by atoms with Gasteiger partial charge in [-0.05, 0) is 19.1 Å². The summed E-state index contributed by atoms with van der Waals surface area (Å²) in [6.07, 6.45) is 0. The van der Waals surface area contributed by atoms with Crippen LogP contribution in [-0.4, -0.2) is 36.3 Å². The molecular formula is C12H17ClN3+. The van der Waals surface area contributed by atoms with Crippen LogP contribution in [0.2, 0.25) is 0 Å². The number of rotatable bonds is 2. The van der Waals surface area contributed by atoms with Crippen LogP contribution < -0.4 is 5.32 Å². The second-order valence-corrected chi connectivity index (χ2v) is 3.86. The summed E-state index contributed by atoms with van der Waals surface area (Å²) in [7, 11) is 3.76. The first kappa shape index (κ1) is 12.7. The molecule has 0 saturated heterocycles. The minimum atomic E-state index is 0.552. The summed E-state index contributed by atoms with van der Waals surface area (Å²) in [4.78, 5) is 4.39. The Balaban J connectivity index is 2.95. The van der Waals surface area contributed by atoms with Crippen molar-refractivity contribution in [2.75, 3.05) is 20.6 Å². The fourth-order valence-electron chi connectivity index (χ4n) is 1.17. The van der Waals surface area contributed by atoms with Gasteiger partial charge in [0.15, 0.2) is 0 Å². The average molecular weight is 239 g/mol. The highest BCUT2D eigenvalue weighted by Gasteiger charge is 2.11. The second-order valence-electron chi connectivity index (χ2n) is 3.50. The van der Waals surface area contributed by atoms with Crippen LogP contribution in [-0.2, 0) is 0 Å². The Kier molecular flexibility index (Phi) is 4.99. The minimum Gasteiger partial charge on any atom is -0.257 e. The van der Waals surface area contributed by atoms with Crippen molar-refractivity contribution in [2.24, 2.45) is 4.99 Å². The van der Waals surface area contributed by atoms with E-state index in [0.29, 0.717) is 5.29 Å². The van der Waals surface area contributed by atoms with Crippen molar-refractivity contribution >= 4 is 22.7 Å². The maximum absolute atomic E-state index is 6.05. The minimum absolute atomic E-state index is 0.552. The number of nitrogens with zero attached hydrogens (tertiary/aromatic N) is 2. The molecule has 16 heavy (non-hydrogen) atoms. The van der Waals surface area contributed by atoms with Crippen LogP contribution in [0.25, 0.3) is 0 Å². The van der Waals surface area contributed by atoms with Crippen molar-refractivity contribution in [3.8, 4) is 0 Å². The molecule has 1 aromatic carbocycles. The molecule has 0 atom stereocenters. The molecule has 0 radical (unpaired) electrons. The standard InChI is InChI=1S/C12H16ClN3/c1-4-14-11(15-12(13)16(2)3)10-8-6-5-7-9-10/h5-9H,4H2,1-3H3/p+1. The summed E-state index contributed by atoms with van der Waals surface area (Å²) in [6, 6.07) is 9.94. The third-order valence-electron chi connectivity index (χ3n) is 1.98. The van der Waals surface area contributed by atoms with Crippen LogP contribution in [0.4, 0.5) is 0 Å². The molecule has 0 saturated carbocycles. The Morgan fingerprint density at radius 3 is 2.44 bits per heavy atom. The molecule has 1 rings (SSSR count). The largest absolute Gasteiger partial charge is 0.348 e. The Bertz CT molecular complexity index is 392. The average Bonchev–Trinajstić information content (AvgIpc) is 2.29. The summed E-state index contributed by atoms with van der Waals surface area (Å²) in [5.74, 6) is 0.793. The maximum atomic E-state index is 6.05. The highest BCUT2D eigenvalue weighted by molar-refractivity contribution is 6.64. The molecule has 0 spiro atoms. The Labute approximate surface area is 101 Å². The van der Waals surface area contributed by atoms with Gasteiger partial charge in [-0.25, -0.2) is 10.3 Å². The zero-order valence-corrected chi connectivity index (χ0v) is 10.6. The first-order chi connectivity index (χ1) is 7.65. The van der Waals surface area contributed by atoms with Gasteiger partial charge in [-0.2, -0.15) is 0 Å². The van der Waals surface area contributed by atoms with E-state index >= 15 is 0 Å². The lowest BCUT2D eigenvalue weighted by molar-refractivity contribution is -0.463. The van der Waals surface area contributed by atoms with Crippen molar-refractivity contribution in [2.45, 2.75) is 6.92 Å². The van der Waals surface area contributed by atoms with Crippen LogP contribution in [0.15, 0.2) is 35.3 Å². The molecule has 0 bridgehead atoms. The third-order valence-corrected chi connectivity index (χ3v) is 2.41. The molecule has 0 unspecified atom stereocenters. The molecule has 1 aromatic rings. The molecular weight excluding hydrogens is 222 g/mol. The van der Waals surface area contributed by atoms with E-state index in [1.165, 1.54) is 0 Å². The SMILES string of the molecule is CCN=C(NC(Cl)=[N+](C)C)c1ccccc1. The number of hydrogen-bond acceptors (Lipinski definition) is 1. The summed E-state index contributed by atoms with van der Waals surface area (Å²) < 4.78 is 1.80. The number of aliphatic imine (C=N–C) groups is 1. The molecule has 0 amide bonds. The lowest BCUT2D eigenvalue weighted by Crippen LogP contribution is -2.32.